The Labute approximate surface area is 102 Å². The molecule has 2 heterocycles. The van der Waals surface area contributed by atoms with E-state index < -0.39 is 0 Å². The van der Waals surface area contributed by atoms with Gasteiger partial charge in [0, 0.05) is 25.4 Å². The van der Waals surface area contributed by atoms with Crippen LogP contribution in [-0.2, 0) is 9.59 Å². The molecule has 17 heavy (non-hydrogen) atoms. The molecule has 2 aliphatic heterocycles. The van der Waals surface area contributed by atoms with E-state index in [4.69, 9.17) is 0 Å². The predicted molar refractivity (Wildman–Crippen MR) is 64.4 cm³/mol. The van der Waals surface area contributed by atoms with Gasteiger partial charge in [-0.05, 0) is 38.3 Å². The average Bonchev–Trinajstić information content (AvgIpc) is 2.83. The van der Waals surface area contributed by atoms with E-state index in [1.807, 2.05) is 0 Å². The number of carbonyl (C=O) groups is 2. The predicted octanol–water partition coefficient (Wildman–Crippen LogP) is -0.229. The van der Waals surface area contributed by atoms with Crippen LogP contribution in [0.15, 0.2) is 0 Å². The van der Waals surface area contributed by atoms with Crippen LogP contribution in [0.5, 0.6) is 0 Å². The first-order valence-corrected chi connectivity index (χ1v) is 6.51. The van der Waals surface area contributed by atoms with Crippen molar-refractivity contribution in [3.05, 3.63) is 0 Å². The van der Waals surface area contributed by atoms with Crippen LogP contribution >= 0.6 is 0 Å². The summed E-state index contributed by atoms with van der Waals surface area (Å²) in [4.78, 5) is 22.7. The second kappa shape index (κ2) is 6.00. The lowest BCUT2D eigenvalue weighted by Gasteiger charge is -2.23. The van der Waals surface area contributed by atoms with Gasteiger partial charge in [-0.2, -0.15) is 0 Å². The second-order valence-electron chi connectivity index (χ2n) is 5.00. The van der Waals surface area contributed by atoms with Gasteiger partial charge in [0.2, 0.25) is 11.8 Å². The van der Waals surface area contributed by atoms with Crippen molar-refractivity contribution >= 4 is 11.8 Å². The number of piperidine rings is 1. The van der Waals surface area contributed by atoms with Gasteiger partial charge in [-0.25, -0.2) is 0 Å². The molecule has 0 aliphatic carbocycles. The molecule has 0 radical (unpaired) electrons. The molecule has 3 N–H and O–H groups in total. The molecule has 0 aromatic carbocycles. The number of carbonyl (C=O) groups excluding carboxylic acids is 2. The van der Waals surface area contributed by atoms with Crippen molar-refractivity contribution < 1.29 is 9.59 Å². The Morgan fingerprint density at radius 3 is 2.88 bits per heavy atom. The Hall–Kier alpha value is -1.10. The number of hydrogen-bond acceptors (Lipinski definition) is 3. The highest BCUT2D eigenvalue weighted by atomic mass is 16.2. The molecule has 2 aliphatic rings. The molecule has 2 rings (SSSR count). The normalized spacial score (nSPS) is 28.8. The van der Waals surface area contributed by atoms with Gasteiger partial charge >= 0.3 is 0 Å². The van der Waals surface area contributed by atoms with Gasteiger partial charge in [-0.15, -0.1) is 0 Å². The summed E-state index contributed by atoms with van der Waals surface area (Å²) >= 11 is 0. The van der Waals surface area contributed by atoms with E-state index in [0.717, 1.165) is 25.9 Å². The van der Waals surface area contributed by atoms with Crippen molar-refractivity contribution in [1.82, 2.24) is 16.0 Å². The molecule has 0 aromatic rings. The van der Waals surface area contributed by atoms with Gasteiger partial charge in [-0.3, -0.25) is 9.59 Å². The molecule has 2 amide bonds. The van der Waals surface area contributed by atoms with E-state index in [1.54, 1.807) is 0 Å². The van der Waals surface area contributed by atoms with E-state index in [0.29, 0.717) is 25.3 Å². The maximum atomic E-state index is 11.7. The summed E-state index contributed by atoms with van der Waals surface area (Å²) in [7, 11) is 0. The van der Waals surface area contributed by atoms with Crippen molar-refractivity contribution in [2.75, 3.05) is 19.6 Å². The standard InChI is InChI=1S/C12H21N3O2/c16-11-4-2-10(8-14-11)15-12(17)3-1-9-5-6-13-7-9/h9-10,13H,1-8H2,(H,14,16)(H,15,17). The molecule has 5 heteroatoms. The summed E-state index contributed by atoms with van der Waals surface area (Å²) in [6.45, 7) is 2.71. The van der Waals surface area contributed by atoms with Gasteiger partial charge in [0.1, 0.15) is 0 Å². The van der Waals surface area contributed by atoms with E-state index in [-0.39, 0.29) is 17.9 Å². The molecule has 2 saturated heterocycles. The third-order valence-electron chi connectivity index (χ3n) is 3.57. The maximum Gasteiger partial charge on any atom is 0.220 e. The monoisotopic (exact) mass is 239 g/mol. The van der Waals surface area contributed by atoms with Gasteiger partial charge in [-0.1, -0.05) is 0 Å². The molecule has 2 fully saturated rings. The van der Waals surface area contributed by atoms with Crippen molar-refractivity contribution in [2.45, 2.75) is 38.1 Å². The van der Waals surface area contributed by atoms with Crippen LogP contribution in [0.1, 0.15) is 32.1 Å². The SMILES string of the molecule is O=C1CCC(NC(=O)CCC2CCNC2)CN1. The minimum Gasteiger partial charge on any atom is -0.354 e. The molecule has 0 aromatic heterocycles. The Morgan fingerprint density at radius 2 is 2.24 bits per heavy atom. The van der Waals surface area contributed by atoms with E-state index in [9.17, 15) is 9.59 Å². The minimum atomic E-state index is 0.0903. The fourth-order valence-corrected chi connectivity index (χ4v) is 2.45. The molecule has 5 nitrogen and oxygen atoms in total. The zero-order valence-electron chi connectivity index (χ0n) is 10.1. The summed E-state index contributed by atoms with van der Waals surface area (Å²) in [6, 6.07) is 0.127. The van der Waals surface area contributed by atoms with Gasteiger partial charge in [0.05, 0.1) is 0 Å². The number of amides is 2. The van der Waals surface area contributed by atoms with Crippen LogP contribution in [0.2, 0.25) is 0 Å². The summed E-state index contributed by atoms with van der Waals surface area (Å²) < 4.78 is 0. The largest absolute Gasteiger partial charge is 0.354 e. The van der Waals surface area contributed by atoms with Crippen molar-refractivity contribution in [3.8, 4) is 0 Å². The Bertz CT molecular complexity index is 277. The summed E-state index contributed by atoms with van der Waals surface area (Å²) in [5.74, 6) is 0.873. The molecular weight excluding hydrogens is 218 g/mol. The zero-order valence-corrected chi connectivity index (χ0v) is 10.1. The Balaban J connectivity index is 1.61. The van der Waals surface area contributed by atoms with Crippen molar-refractivity contribution in [1.29, 1.82) is 0 Å². The lowest BCUT2D eigenvalue weighted by atomic mass is 10.0. The van der Waals surface area contributed by atoms with E-state index in [1.165, 1.54) is 6.42 Å². The van der Waals surface area contributed by atoms with Crippen LogP contribution in [0.3, 0.4) is 0 Å². The minimum absolute atomic E-state index is 0.0903. The highest BCUT2D eigenvalue weighted by Gasteiger charge is 2.20. The Kier molecular flexibility index (Phi) is 4.36. The smallest absolute Gasteiger partial charge is 0.220 e. The van der Waals surface area contributed by atoms with Crippen LogP contribution in [0.4, 0.5) is 0 Å². The quantitative estimate of drug-likeness (QED) is 0.635. The molecule has 2 unspecified atom stereocenters. The van der Waals surface area contributed by atoms with Crippen molar-refractivity contribution in [3.63, 3.8) is 0 Å². The topological polar surface area (TPSA) is 70.2 Å². The van der Waals surface area contributed by atoms with E-state index in [2.05, 4.69) is 16.0 Å². The lowest BCUT2D eigenvalue weighted by Crippen LogP contribution is -2.47. The van der Waals surface area contributed by atoms with E-state index >= 15 is 0 Å². The first kappa shape index (κ1) is 12.4. The molecule has 2 atom stereocenters. The van der Waals surface area contributed by atoms with Crippen molar-refractivity contribution in [2.24, 2.45) is 5.92 Å². The van der Waals surface area contributed by atoms with Gasteiger partial charge in [0.15, 0.2) is 0 Å². The molecule has 0 bridgehead atoms. The van der Waals surface area contributed by atoms with Crippen LogP contribution in [-0.4, -0.2) is 37.5 Å². The summed E-state index contributed by atoms with van der Waals surface area (Å²) in [5.41, 5.74) is 0. The molecule has 0 spiro atoms. The lowest BCUT2D eigenvalue weighted by molar-refractivity contribution is -0.125. The maximum absolute atomic E-state index is 11.7. The number of rotatable bonds is 4. The molecular formula is C12H21N3O2. The zero-order chi connectivity index (χ0) is 12.1. The van der Waals surface area contributed by atoms with Gasteiger partial charge < -0.3 is 16.0 Å². The van der Waals surface area contributed by atoms with Gasteiger partial charge in [0.25, 0.3) is 0 Å². The molecule has 96 valence electrons. The van der Waals surface area contributed by atoms with Crippen LogP contribution in [0, 0.1) is 5.92 Å². The van der Waals surface area contributed by atoms with Crippen LogP contribution < -0.4 is 16.0 Å². The fourth-order valence-electron chi connectivity index (χ4n) is 2.45. The third kappa shape index (κ3) is 4.00. The highest BCUT2D eigenvalue weighted by Crippen LogP contribution is 2.14. The summed E-state index contributed by atoms with van der Waals surface area (Å²) in [5, 5.41) is 9.06. The first-order valence-electron chi connectivity index (χ1n) is 6.51. The second-order valence-corrected chi connectivity index (χ2v) is 5.00. The average molecular weight is 239 g/mol. The highest BCUT2D eigenvalue weighted by molar-refractivity contribution is 5.78. The molecule has 0 saturated carbocycles. The van der Waals surface area contributed by atoms with Crippen LogP contribution in [0.25, 0.3) is 0 Å². The fraction of sp³-hybridized carbons (Fsp3) is 0.833. The Morgan fingerprint density at radius 1 is 1.35 bits per heavy atom. The third-order valence-corrected chi connectivity index (χ3v) is 3.57. The number of hydrogen-bond donors (Lipinski definition) is 3. The summed E-state index contributed by atoms with van der Waals surface area (Å²) in [6.07, 6.45) is 4.06. The number of nitrogens with one attached hydrogen (secondary N) is 3. The first-order chi connectivity index (χ1) is 8.24.